The molecule has 3 rings (SSSR count). The van der Waals surface area contributed by atoms with Gasteiger partial charge >= 0.3 is 0 Å². The van der Waals surface area contributed by atoms with E-state index in [1.165, 1.54) is 0 Å². The second-order valence-electron chi connectivity index (χ2n) is 6.06. The Bertz CT molecular complexity index is 605. The zero-order valence-electron chi connectivity index (χ0n) is 12.6. The fourth-order valence-electron chi connectivity index (χ4n) is 2.64. The second kappa shape index (κ2) is 5.55. The fraction of sp³-hybridized carbons (Fsp3) is 0.714. The van der Waals surface area contributed by atoms with Crippen LogP contribution in [0.4, 0.5) is 0 Å². The summed E-state index contributed by atoms with van der Waals surface area (Å²) in [5.74, 6) is 2.87. The quantitative estimate of drug-likeness (QED) is 0.853. The van der Waals surface area contributed by atoms with Crippen molar-refractivity contribution in [2.75, 3.05) is 6.61 Å². The SMILES string of the molecule is Cc1nnc(CCc2nc(C3CCOC(C)(C)C3)no2)o1. The van der Waals surface area contributed by atoms with Gasteiger partial charge in [-0.15, -0.1) is 10.2 Å². The van der Waals surface area contributed by atoms with Crippen LogP contribution in [-0.2, 0) is 17.6 Å². The summed E-state index contributed by atoms with van der Waals surface area (Å²) in [5, 5.41) is 11.9. The first-order chi connectivity index (χ1) is 10.0. The average Bonchev–Trinajstić information content (AvgIpc) is 3.04. The van der Waals surface area contributed by atoms with Crippen molar-refractivity contribution in [2.45, 2.75) is 58.0 Å². The molecule has 0 aliphatic carbocycles. The Morgan fingerprint density at radius 3 is 2.71 bits per heavy atom. The van der Waals surface area contributed by atoms with Crippen molar-refractivity contribution in [1.82, 2.24) is 20.3 Å². The minimum Gasteiger partial charge on any atom is -0.426 e. The molecule has 1 fully saturated rings. The summed E-state index contributed by atoms with van der Waals surface area (Å²) in [6, 6.07) is 0. The van der Waals surface area contributed by atoms with E-state index in [0.29, 0.717) is 36.4 Å². The third-order valence-electron chi connectivity index (χ3n) is 3.67. The van der Waals surface area contributed by atoms with Gasteiger partial charge in [-0.2, -0.15) is 4.98 Å². The van der Waals surface area contributed by atoms with E-state index in [-0.39, 0.29) is 5.60 Å². The van der Waals surface area contributed by atoms with Crippen molar-refractivity contribution in [1.29, 1.82) is 0 Å². The Balaban J connectivity index is 1.60. The van der Waals surface area contributed by atoms with Gasteiger partial charge in [0.05, 0.1) is 5.60 Å². The predicted molar refractivity (Wildman–Crippen MR) is 72.7 cm³/mol. The van der Waals surface area contributed by atoms with Crippen LogP contribution in [0.15, 0.2) is 8.94 Å². The summed E-state index contributed by atoms with van der Waals surface area (Å²) >= 11 is 0. The van der Waals surface area contributed by atoms with Crippen molar-refractivity contribution < 1.29 is 13.7 Å². The lowest BCUT2D eigenvalue weighted by Gasteiger charge is -2.34. The van der Waals surface area contributed by atoms with Gasteiger partial charge in [0.2, 0.25) is 17.7 Å². The van der Waals surface area contributed by atoms with Crippen molar-refractivity contribution in [2.24, 2.45) is 0 Å². The molecule has 0 radical (unpaired) electrons. The molecule has 2 aromatic rings. The number of ether oxygens (including phenoxy) is 1. The van der Waals surface area contributed by atoms with Gasteiger partial charge in [0, 0.05) is 32.3 Å². The van der Waals surface area contributed by atoms with Gasteiger partial charge < -0.3 is 13.7 Å². The van der Waals surface area contributed by atoms with Crippen LogP contribution in [0, 0.1) is 6.92 Å². The van der Waals surface area contributed by atoms with Crippen LogP contribution in [0.5, 0.6) is 0 Å². The Labute approximate surface area is 123 Å². The highest BCUT2D eigenvalue weighted by Crippen LogP contribution is 2.34. The number of hydrogen-bond donors (Lipinski definition) is 0. The minimum absolute atomic E-state index is 0.120. The highest BCUT2D eigenvalue weighted by Gasteiger charge is 2.32. The molecular formula is C14H20N4O3. The molecule has 1 saturated heterocycles. The van der Waals surface area contributed by atoms with Gasteiger partial charge in [0.1, 0.15) is 0 Å². The van der Waals surface area contributed by atoms with Crippen LogP contribution in [0.1, 0.15) is 56.1 Å². The smallest absolute Gasteiger partial charge is 0.227 e. The van der Waals surface area contributed by atoms with Crippen molar-refractivity contribution >= 4 is 0 Å². The average molecular weight is 292 g/mol. The zero-order chi connectivity index (χ0) is 14.9. The van der Waals surface area contributed by atoms with Crippen LogP contribution >= 0.6 is 0 Å². The highest BCUT2D eigenvalue weighted by atomic mass is 16.5. The normalized spacial score (nSPS) is 21.6. The Morgan fingerprint density at radius 1 is 1.19 bits per heavy atom. The first-order valence-electron chi connectivity index (χ1n) is 7.27. The molecule has 7 nitrogen and oxygen atoms in total. The molecule has 0 bridgehead atoms. The third-order valence-corrected chi connectivity index (χ3v) is 3.67. The van der Waals surface area contributed by atoms with Gasteiger partial charge in [-0.05, 0) is 26.7 Å². The number of aromatic nitrogens is 4. The summed E-state index contributed by atoms with van der Waals surface area (Å²) in [7, 11) is 0. The second-order valence-corrected chi connectivity index (χ2v) is 6.06. The molecule has 0 spiro atoms. The molecule has 3 heterocycles. The Morgan fingerprint density at radius 2 is 2.00 bits per heavy atom. The summed E-state index contributed by atoms with van der Waals surface area (Å²) in [4.78, 5) is 4.50. The van der Waals surface area contributed by atoms with Crippen LogP contribution < -0.4 is 0 Å². The number of nitrogens with zero attached hydrogens (tertiary/aromatic N) is 4. The molecule has 1 atom stereocenters. The molecule has 0 N–H and O–H groups in total. The molecule has 7 heteroatoms. The van der Waals surface area contributed by atoms with Gasteiger partial charge in [-0.25, -0.2) is 0 Å². The van der Waals surface area contributed by atoms with E-state index in [2.05, 4.69) is 34.2 Å². The number of aryl methyl sites for hydroxylation is 3. The summed E-state index contributed by atoms with van der Waals surface area (Å²) in [6.45, 7) is 6.70. The van der Waals surface area contributed by atoms with Crippen molar-refractivity contribution in [3.05, 3.63) is 23.5 Å². The van der Waals surface area contributed by atoms with E-state index in [1.54, 1.807) is 6.92 Å². The Hall–Kier alpha value is -1.76. The summed E-state index contributed by atoms with van der Waals surface area (Å²) in [6.07, 6.45) is 3.07. The Kier molecular flexibility index (Phi) is 3.75. The lowest BCUT2D eigenvalue weighted by Crippen LogP contribution is -2.33. The largest absolute Gasteiger partial charge is 0.426 e. The topological polar surface area (TPSA) is 87.1 Å². The standard InChI is InChI=1S/C14H20N4O3/c1-9-16-17-12(20-9)5-4-11-15-13(18-21-11)10-6-7-19-14(2,3)8-10/h10H,4-8H2,1-3H3. The summed E-state index contributed by atoms with van der Waals surface area (Å²) in [5.41, 5.74) is -0.120. The molecule has 21 heavy (non-hydrogen) atoms. The molecule has 114 valence electrons. The minimum atomic E-state index is -0.120. The van der Waals surface area contributed by atoms with Gasteiger partial charge in [0.25, 0.3) is 0 Å². The van der Waals surface area contributed by atoms with Crippen molar-refractivity contribution in [3.8, 4) is 0 Å². The molecule has 1 aliphatic rings. The molecule has 2 aromatic heterocycles. The van der Waals surface area contributed by atoms with E-state index in [0.717, 1.165) is 25.3 Å². The van der Waals surface area contributed by atoms with Gasteiger partial charge in [-0.3, -0.25) is 0 Å². The van der Waals surface area contributed by atoms with Gasteiger partial charge in [0.15, 0.2) is 5.82 Å². The van der Waals surface area contributed by atoms with Gasteiger partial charge in [-0.1, -0.05) is 5.16 Å². The van der Waals surface area contributed by atoms with Crippen LogP contribution in [0.2, 0.25) is 0 Å². The van der Waals surface area contributed by atoms with E-state index in [4.69, 9.17) is 13.7 Å². The summed E-state index contributed by atoms with van der Waals surface area (Å²) < 4.78 is 16.4. The van der Waals surface area contributed by atoms with E-state index >= 15 is 0 Å². The lowest BCUT2D eigenvalue weighted by atomic mass is 9.88. The van der Waals surface area contributed by atoms with Crippen molar-refractivity contribution in [3.63, 3.8) is 0 Å². The van der Waals surface area contributed by atoms with Crippen LogP contribution in [0.25, 0.3) is 0 Å². The molecule has 0 aromatic carbocycles. The molecule has 0 saturated carbocycles. The van der Waals surface area contributed by atoms with E-state index in [9.17, 15) is 0 Å². The number of rotatable bonds is 4. The predicted octanol–water partition coefficient (Wildman–Crippen LogP) is 2.22. The maximum absolute atomic E-state index is 5.72. The molecule has 1 aliphatic heterocycles. The highest BCUT2D eigenvalue weighted by molar-refractivity contribution is 5.00. The van der Waals surface area contributed by atoms with Crippen LogP contribution in [-0.4, -0.2) is 32.5 Å². The maximum Gasteiger partial charge on any atom is 0.227 e. The lowest BCUT2D eigenvalue weighted by molar-refractivity contribution is -0.0604. The zero-order valence-corrected chi connectivity index (χ0v) is 12.6. The van der Waals surface area contributed by atoms with Crippen LogP contribution in [0.3, 0.4) is 0 Å². The maximum atomic E-state index is 5.72. The first-order valence-corrected chi connectivity index (χ1v) is 7.27. The fourth-order valence-corrected chi connectivity index (χ4v) is 2.64. The van der Waals surface area contributed by atoms with E-state index in [1.807, 2.05) is 0 Å². The first kappa shape index (κ1) is 14.2. The molecular weight excluding hydrogens is 272 g/mol. The molecule has 1 unspecified atom stereocenters. The van der Waals surface area contributed by atoms with E-state index < -0.39 is 0 Å². The monoisotopic (exact) mass is 292 g/mol. The molecule has 0 amide bonds. The number of hydrogen-bond acceptors (Lipinski definition) is 7. The third kappa shape index (κ3) is 3.47.